The second kappa shape index (κ2) is 7.25. The molecule has 5 heteroatoms. The number of aryl methyl sites for hydroxylation is 1. The topological polar surface area (TPSA) is 47.7 Å². The van der Waals surface area contributed by atoms with E-state index in [1.54, 1.807) is 14.2 Å². The van der Waals surface area contributed by atoms with Crippen LogP contribution in [0.15, 0.2) is 34.9 Å². The molecule has 0 unspecified atom stereocenters. The lowest BCUT2D eigenvalue weighted by atomic mass is 10.1. The van der Waals surface area contributed by atoms with Crippen molar-refractivity contribution >= 4 is 0 Å². The third kappa shape index (κ3) is 3.80. The highest BCUT2D eigenvalue weighted by atomic mass is 16.5. The third-order valence-corrected chi connectivity index (χ3v) is 4.45. The van der Waals surface area contributed by atoms with Crippen LogP contribution in [0, 0.1) is 6.92 Å². The van der Waals surface area contributed by atoms with Crippen LogP contribution >= 0.6 is 0 Å². The first-order valence-corrected chi connectivity index (χ1v) is 7.98. The number of rotatable bonds is 6. The molecule has 0 bridgehead atoms. The molecule has 0 spiro atoms. The molecule has 1 aliphatic heterocycles. The number of hydrogen-bond donors (Lipinski definition) is 0. The smallest absolute Gasteiger partial charge is 0.151 e. The van der Waals surface area contributed by atoms with E-state index in [9.17, 15) is 0 Å². The van der Waals surface area contributed by atoms with Crippen LogP contribution in [0.5, 0.6) is 0 Å². The minimum atomic E-state index is 0.259. The summed E-state index contributed by atoms with van der Waals surface area (Å²) in [5, 5.41) is 4.20. The molecule has 5 nitrogen and oxygen atoms in total. The molecule has 124 valence electrons. The van der Waals surface area contributed by atoms with Gasteiger partial charge in [-0.3, -0.25) is 4.90 Å². The van der Waals surface area contributed by atoms with E-state index in [0.29, 0.717) is 12.6 Å². The lowest BCUT2D eigenvalue weighted by Gasteiger charge is -2.21. The SMILES string of the molecule is COC[C@@H]1C[C@@H](OC)CN1Cc1cc(-c2ccc(C)cc2)no1. The van der Waals surface area contributed by atoms with E-state index in [1.807, 2.05) is 6.07 Å². The largest absolute Gasteiger partial charge is 0.383 e. The van der Waals surface area contributed by atoms with Crippen molar-refractivity contribution < 1.29 is 14.0 Å². The summed E-state index contributed by atoms with van der Waals surface area (Å²) in [4.78, 5) is 2.34. The summed E-state index contributed by atoms with van der Waals surface area (Å²) < 4.78 is 16.4. The Morgan fingerprint density at radius 1 is 1.26 bits per heavy atom. The van der Waals surface area contributed by atoms with Crippen molar-refractivity contribution in [3.63, 3.8) is 0 Å². The maximum Gasteiger partial charge on any atom is 0.151 e. The Bertz CT molecular complexity index is 623. The van der Waals surface area contributed by atoms with Crippen molar-refractivity contribution in [2.24, 2.45) is 0 Å². The summed E-state index contributed by atoms with van der Waals surface area (Å²) in [6, 6.07) is 10.7. The minimum Gasteiger partial charge on any atom is -0.383 e. The Labute approximate surface area is 137 Å². The first-order chi connectivity index (χ1) is 11.2. The van der Waals surface area contributed by atoms with E-state index in [0.717, 1.165) is 36.5 Å². The molecular formula is C18H24N2O3. The fraction of sp³-hybridized carbons (Fsp3) is 0.500. The maximum atomic E-state index is 5.53. The number of aromatic nitrogens is 1. The van der Waals surface area contributed by atoms with Gasteiger partial charge in [-0.2, -0.15) is 0 Å². The molecule has 1 saturated heterocycles. The average molecular weight is 316 g/mol. The van der Waals surface area contributed by atoms with Crippen LogP contribution in [-0.4, -0.2) is 49.6 Å². The highest BCUT2D eigenvalue weighted by Gasteiger charge is 2.32. The van der Waals surface area contributed by atoms with Gasteiger partial charge in [0.15, 0.2) is 5.76 Å². The van der Waals surface area contributed by atoms with E-state index in [4.69, 9.17) is 14.0 Å². The highest BCUT2D eigenvalue weighted by molar-refractivity contribution is 5.59. The van der Waals surface area contributed by atoms with Crippen LogP contribution < -0.4 is 0 Å². The molecule has 0 aliphatic carbocycles. The predicted molar refractivity (Wildman–Crippen MR) is 88.2 cm³/mol. The molecule has 23 heavy (non-hydrogen) atoms. The molecule has 0 saturated carbocycles. The molecule has 1 fully saturated rings. The van der Waals surface area contributed by atoms with Crippen LogP contribution in [0.25, 0.3) is 11.3 Å². The zero-order chi connectivity index (χ0) is 16.2. The van der Waals surface area contributed by atoms with Crippen molar-refractivity contribution in [3.8, 4) is 11.3 Å². The summed E-state index contributed by atoms with van der Waals surface area (Å²) in [5.41, 5.74) is 3.20. The lowest BCUT2D eigenvalue weighted by molar-refractivity contribution is 0.101. The number of benzene rings is 1. The standard InChI is InChI=1S/C18H24N2O3/c1-13-4-6-14(7-5-13)18-9-17(23-19-18)11-20-10-16(22-3)8-15(20)12-21-2/h4-7,9,15-16H,8,10-12H2,1-3H3/t15-,16+/m0/s1. The molecule has 1 aliphatic rings. The molecule has 0 radical (unpaired) electrons. The van der Waals surface area contributed by atoms with Crippen molar-refractivity contribution in [2.45, 2.75) is 32.0 Å². The van der Waals surface area contributed by atoms with Crippen LogP contribution in [-0.2, 0) is 16.0 Å². The van der Waals surface area contributed by atoms with Crippen LogP contribution in [0.2, 0.25) is 0 Å². The van der Waals surface area contributed by atoms with E-state index in [1.165, 1.54) is 5.56 Å². The van der Waals surface area contributed by atoms with Gasteiger partial charge in [0.2, 0.25) is 0 Å². The lowest BCUT2D eigenvalue weighted by Crippen LogP contribution is -2.32. The zero-order valence-electron chi connectivity index (χ0n) is 14.0. The second-order valence-electron chi connectivity index (χ2n) is 6.18. The molecule has 1 aromatic heterocycles. The molecule has 2 heterocycles. The number of hydrogen-bond acceptors (Lipinski definition) is 5. The molecule has 3 rings (SSSR count). The number of ether oxygens (including phenoxy) is 2. The van der Waals surface area contributed by atoms with Gasteiger partial charge in [-0.1, -0.05) is 35.0 Å². The normalized spacial score (nSPS) is 21.9. The first-order valence-electron chi connectivity index (χ1n) is 7.98. The second-order valence-corrected chi connectivity index (χ2v) is 6.18. The van der Waals surface area contributed by atoms with Gasteiger partial charge in [0.05, 0.1) is 19.3 Å². The summed E-state index contributed by atoms with van der Waals surface area (Å²) in [7, 11) is 3.50. The highest BCUT2D eigenvalue weighted by Crippen LogP contribution is 2.25. The predicted octanol–water partition coefficient (Wildman–Crippen LogP) is 2.89. The van der Waals surface area contributed by atoms with Gasteiger partial charge in [-0.25, -0.2) is 0 Å². The van der Waals surface area contributed by atoms with Crippen molar-refractivity contribution in [1.82, 2.24) is 10.1 Å². The Hall–Kier alpha value is -1.69. The zero-order valence-corrected chi connectivity index (χ0v) is 14.0. The van der Waals surface area contributed by atoms with Gasteiger partial charge in [-0.05, 0) is 13.3 Å². The minimum absolute atomic E-state index is 0.259. The van der Waals surface area contributed by atoms with Crippen LogP contribution in [0.3, 0.4) is 0 Å². The number of likely N-dealkylation sites (tertiary alicyclic amines) is 1. The van der Waals surface area contributed by atoms with Crippen molar-refractivity contribution in [3.05, 3.63) is 41.7 Å². The van der Waals surface area contributed by atoms with Crippen molar-refractivity contribution in [1.29, 1.82) is 0 Å². The first kappa shape index (κ1) is 16.2. The summed E-state index contributed by atoms with van der Waals surface area (Å²) in [6.07, 6.45) is 1.25. The van der Waals surface area contributed by atoms with Crippen LogP contribution in [0.1, 0.15) is 17.7 Å². The Morgan fingerprint density at radius 2 is 2.04 bits per heavy atom. The Balaban J connectivity index is 1.69. The van der Waals surface area contributed by atoms with E-state index in [2.05, 4.69) is 41.2 Å². The van der Waals surface area contributed by atoms with Gasteiger partial charge in [-0.15, -0.1) is 0 Å². The molecular weight excluding hydrogens is 292 g/mol. The summed E-state index contributed by atoms with van der Waals surface area (Å²) in [5.74, 6) is 0.874. The molecule has 0 N–H and O–H groups in total. The number of nitrogens with zero attached hydrogens (tertiary/aromatic N) is 2. The van der Waals surface area contributed by atoms with Crippen LogP contribution in [0.4, 0.5) is 0 Å². The summed E-state index contributed by atoms with van der Waals surface area (Å²) >= 11 is 0. The summed E-state index contributed by atoms with van der Waals surface area (Å²) in [6.45, 7) is 4.41. The number of methoxy groups -OCH3 is 2. The quantitative estimate of drug-likeness (QED) is 0.820. The van der Waals surface area contributed by atoms with Gasteiger partial charge in [0, 0.05) is 38.4 Å². The fourth-order valence-corrected chi connectivity index (χ4v) is 3.12. The van der Waals surface area contributed by atoms with Gasteiger partial charge in [0.25, 0.3) is 0 Å². The van der Waals surface area contributed by atoms with E-state index < -0.39 is 0 Å². The van der Waals surface area contributed by atoms with Gasteiger partial charge >= 0.3 is 0 Å². The third-order valence-electron chi connectivity index (χ3n) is 4.45. The van der Waals surface area contributed by atoms with Gasteiger partial charge in [0.1, 0.15) is 5.69 Å². The molecule has 2 aromatic rings. The van der Waals surface area contributed by atoms with Crippen molar-refractivity contribution in [2.75, 3.05) is 27.4 Å². The van der Waals surface area contributed by atoms with Gasteiger partial charge < -0.3 is 14.0 Å². The molecule has 0 amide bonds. The van der Waals surface area contributed by atoms with E-state index >= 15 is 0 Å². The van der Waals surface area contributed by atoms with E-state index in [-0.39, 0.29) is 6.10 Å². The monoisotopic (exact) mass is 316 g/mol. The maximum absolute atomic E-state index is 5.53. The molecule has 2 atom stereocenters. The Morgan fingerprint density at radius 3 is 2.74 bits per heavy atom. The Kier molecular flexibility index (Phi) is 5.10. The fourth-order valence-electron chi connectivity index (χ4n) is 3.12. The molecule has 1 aromatic carbocycles. The average Bonchev–Trinajstić information content (AvgIpc) is 3.16.